The number of hydrogen-bond acceptors (Lipinski definition) is 3. The SMILES string of the molecule is C=C1[C@H](O)C=C(/C=C\C2=CCC[C@@]3(C)[C@@H]2CC[C@@H]3[C@H](C)CCCC(C)(C)O)C[C@H]1O. The van der Waals surface area contributed by atoms with Crippen molar-refractivity contribution >= 4 is 0 Å². The highest BCUT2D eigenvalue weighted by Crippen LogP contribution is 2.58. The first kappa shape index (κ1) is 23.5. The average Bonchev–Trinajstić information content (AvgIpc) is 3.00. The molecule has 0 bridgehead atoms. The summed E-state index contributed by atoms with van der Waals surface area (Å²) in [6.45, 7) is 12.5. The van der Waals surface area contributed by atoms with Gasteiger partial charge in [0.25, 0.3) is 0 Å². The predicted molar refractivity (Wildman–Crippen MR) is 124 cm³/mol. The summed E-state index contributed by atoms with van der Waals surface area (Å²) >= 11 is 0. The molecule has 3 rings (SSSR count). The average molecular weight is 415 g/mol. The van der Waals surface area contributed by atoms with Crippen LogP contribution in [0.25, 0.3) is 0 Å². The summed E-state index contributed by atoms with van der Waals surface area (Å²) in [5.41, 5.74) is 2.70. The summed E-state index contributed by atoms with van der Waals surface area (Å²) in [6, 6.07) is 0. The molecule has 0 amide bonds. The molecule has 6 atom stereocenters. The van der Waals surface area contributed by atoms with Gasteiger partial charge in [-0.3, -0.25) is 0 Å². The Hall–Kier alpha value is -1.16. The maximum atomic E-state index is 10.1. The van der Waals surface area contributed by atoms with Crippen molar-refractivity contribution < 1.29 is 15.3 Å². The van der Waals surface area contributed by atoms with Gasteiger partial charge in [-0.1, -0.05) is 51.5 Å². The van der Waals surface area contributed by atoms with Gasteiger partial charge in [0.2, 0.25) is 0 Å². The minimum atomic E-state index is -0.750. The predicted octanol–water partition coefficient (Wildman–Crippen LogP) is 5.48. The van der Waals surface area contributed by atoms with Crippen molar-refractivity contribution in [1.82, 2.24) is 0 Å². The quantitative estimate of drug-likeness (QED) is 0.483. The van der Waals surface area contributed by atoms with Crippen LogP contribution in [0.1, 0.15) is 79.1 Å². The minimum absolute atomic E-state index is 0.344. The van der Waals surface area contributed by atoms with Crippen molar-refractivity contribution in [2.24, 2.45) is 23.2 Å². The molecule has 3 N–H and O–H groups in total. The van der Waals surface area contributed by atoms with E-state index in [1.807, 2.05) is 19.9 Å². The number of rotatable bonds is 7. The van der Waals surface area contributed by atoms with Crippen LogP contribution in [0.2, 0.25) is 0 Å². The second-order valence-corrected chi connectivity index (χ2v) is 11.0. The van der Waals surface area contributed by atoms with Crippen LogP contribution in [0.5, 0.6) is 0 Å². The third kappa shape index (κ3) is 5.18. The summed E-state index contributed by atoms with van der Waals surface area (Å²) in [6.07, 6.45) is 15.7. The van der Waals surface area contributed by atoms with E-state index in [9.17, 15) is 15.3 Å². The molecule has 1 fully saturated rings. The highest BCUT2D eigenvalue weighted by atomic mass is 16.3. The second kappa shape index (κ2) is 9.14. The highest BCUT2D eigenvalue weighted by Gasteiger charge is 2.49. The summed E-state index contributed by atoms with van der Waals surface area (Å²) in [5.74, 6) is 2.02. The molecule has 3 nitrogen and oxygen atoms in total. The molecule has 0 heterocycles. The van der Waals surface area contributed by atoms with Crippen molar-refractivity contribution in [2.75, 3.05) is 0 Å². The standard InChI is InChI=1S/C27H42O3/c1-18(8-6-14-26(3,4)30)22-12-13-23-21(9-7-15-27(22,23)5)11-10-20-16-24(28)19(2)25(29)17-20/h9-11,16,18,22-25,28-30H,2,6-8,12-15,17H2,1,3-5H3/b11-10-/t18-,22-,23-,24-,25-,27-/m1/s1. The van der Waals surface area contributed by atoms with E-state index in [4.69, 9.17) is 0 Å². The lowest BCUT2D eigenvalue weighted by atomic mass is 9.62. The summed E-state index contributed by atoms with van der Waals surface area (Å²) < 4.78 is 0. The third-order valence-corrected chi connectivity index (χ3v) is 8.11. The molecule has 0 aromatic heterocycles. The Balaban J connectivity index is 1.66. The van der Waals surface area contributed by atoms with E-state index >= 15 is 0 Å². The molecular formula is C27H42O3. The Morgan fingerprint density at radius 1 is 1.27 bits per heavy atom. The fourth-order valence-corrected chi connectivity index (χ4v) is 6.30. The molecule has 1 saturated carbocycles. The Labute approximate surface area is 183 Å². The van der Waals surface area contributed by atoms with Gasteiger partial charge in [-0.15, -0.1) is 0 Å². The van der Waals surface area contributed by atoms with E-state index in [-0.39, 0.29) is 0 Å². The van der Waals surface area contributed by atoms with Gasteiger partial charge in [0.15, 0.2) is 0 Å². The van der Waals surface area contributed by atoms with E-state index in [1.54, 1.807) is 0 Å². The van der Waals surface area contributed by atoms with E-state index in [1.165, 1.54) is 31.3 Å². The van der Waals surface area contributed by atoms with E-state index in [2.05, 4.69) is 38.7 Å². The summed E-state index contributed by atoms with van der Waals surface area (Å²) in [4.78, 5) is 0. The van der Waals surface area contributed by atoms with Gasteiger partial charge in [-0.2, -0.15) is 0 Å². The monoisotopic (exact) mass is 414 g/mol. The fraction of sp³-hybridized carbons (Fsp3) is 0.704. The minimum Gasteiger partial charge on any atom is -0.390 e. The molecule has 3 heteroatoms. The van der Waals surface area contributed by atoms with Crippen LogP contribution < -0.4 is 0 Å². The topological polar surface area (TPSA) is 60.7 Å². The Morgan fingerprint density at radius 2 is 2.00 bits per heavy atom. The van der Waals surface area contributed by atoms with E-state index in [0.717, 1.165) is 30.8 Å². The van der Waals surface area contributed by atoms with Crippen LogP contribution in [0.3, 0.4) is 0 Å². The largest absolute Gasteiger partial charge is 0.390 e. The number of fused-ring (bicyclic) bond motifs is 1. The first-order chi connectivity index (χ1) is 14.0. The zero-order valence-electron chi connectivity index (χ0n) is 19.4. The Bertz CT molecular complexity index is 723. The van der Waals surface area contributed by atoms with E-state index < -0.39 is 17.8 Å². The van der Waals surface area contributed by atoms with Gasteiger partial charge in [-0.25, -0.2) is 0 Å². The molecule has 30 heavy (non-hydrogen) atoms. The lowest BCUT2D eigenvalue weighted by Gasteiger charge is -2.43. The number of hydrogen-bond donors (Lipinski definition) is 3. The van der Waals surface area contributed by atoms with Crippen LogP contribution in [0.4, 0.5) is 0 Å². The maximum Gasteiger partial charge on any atom is 0.0959 e. The van der Waals surface area contributed by atoms with Gasteiger partial charge in [0.05, 0.1) is 17.8 Å². The molecule has 0 saturated heterocycles. The summed E-state index contributed by atoms with van der Waals surface area (Å²) in [7, 11) is 0. The number of allylic oxidation sites excluding steroid dienone is 4. The molecule has 3 aliphatic rings. The third-order valence-electron chi connectivity index (χ3n) is 8.11. The zero-order chi connectivity index (χ0) is 22.1. The summed E-state index contributed by atoms with van der Waals surface area (Å²) in [5, 5.41) is 30.2. The first-order valence-electron chi connectivity index (χ1n) is 11.9. The first-order valence-corrected chi connectivity index (χ1v) is 11.9. The molecule has 0 aromatic carbocycles. The van der Waals surface area contributed by atoms with Gasteiger partial charge < -0.3 is 15.3 Å². The van der Waals surface area contributed by atoms with Gasteiger partial charge >= 0.3 is 0 Å². The van der Waals surface area contributed by atoms with Gasteiger partial charge in [0, 0.05) is 6.42 Å². The second-order valence-electron chi connectivity index (χ2n) is 11.0. The molecule has 3 aliphatic carbocycles. The molecule has 168 valence electrons. The molecular weight excluding hydrogens is 372 g/mol. The van der Waals surface area contributed by atoms with Crippen LogP contribution in [-0.2, 0) is 0 Å². The Kier molecular flexibility index (Phi) is 7.16. The maximum absolute atomic E-state index is 10.1. The molecule has 0 aliphatic heterocycles. The van der Waals surface area contributed by atoms with Crippen LogP contribution in [-0.4, -0.2) is 33.1 Å². The van der Waals surface area contributed by atoms with Crippen molar-refractivity contribution in [3.05, 3.63) is 47.6 Å². The normalized spacial score (nSPS) is 35.9. The van der Waals surface area contributed by atoms with Crippen LogP contribution in [0, 0.1) is 23.2 Å². The molecule has 0 spiro atoms. The molecule has 0 radical (unpaired) electrons. The van der Waals surface area contributed by atoms with Crippen LogP contribution >= 0.6 is 0 Å². The van der Waals surface area contributed by atoms with Gasteiger partial charge in [-0.05, 0) is 91.9 Å². The fourth-order valence-electron chi connectivity index (χ4n) is 6.30. The van der Waals surface area contributed by atoms with Crippen molar-refractivity contribution in [3.8, 4) is 0 Å². The lowest BCUT2D eigenvalue weighted by molar-refractivity contribution is 0.0613. The Morgan fingerprint density at radius 3 is 2.67 bits per heavy atom. The lowest BCUT2D eigenvalue weighted by Crippen LogP contribution is -2.35. The molecule has 0 unspecified atom stereocenters. The smallest absolute Gasteiger partial charge is 0.0959 e. The zero-order valence-corrected chi connectivity index (χ0v) is 19.4. The van der Waals surface area contributed by atoms with Gasteiger partial charge in [0.1, 0.15) is 0 Å². The van der Waals surface area contributed by atoms with Crippen molar-refractivity contribution in [2.45, 2.75) is 96.9 Å². The van der Waals surface area contributed by atoms with Crippen molar-refractivity contribution in [1.29, 1.82) is 0 Å². The number of aliphatic hydroxyl groups is 3. The molecule has 0 aromatic rings. The van der Waals surface area contributed by atoms with E-state index in [0.29, 0.717) is 29.2 Å². The van der Waals surface area contributed by atoms with Crippen LogP contribution in [0.15, 0.2) is 47.6 Å². The number of aliphatic hydroxyl groups excluding tert-OH is 2. The van der Waals surface area contributed by atoms with Crippen molar-refractivity contribution in [3.63, 3.8) is 0 Å². The highest BCUT2D eigenvalue weighted by molar-refractivity contribution is 5.38.